The molecule has 0 unspecified atom stereocenters. The molecule has 1 aromatic heterocycles. The van der Waals surface area contributed by atoms with E-state index in [-0.39, 0.29) is 5.91 Å². The normalized spacial score (nSPS) is 10.7. The lowest BCUT2D eigenvalue weighted by Gasteiger charge is -2.09. The number of carbonyl (C=O) groups excluding carboxylic acids is 1. The van der Waals surface area contributed by atoms with Gasteiger partial charge in [-0.25, -0.2) is 0 Å². The third-order valence-corrected chi connectivity index (χ3v) is 3.30. The number of benzene rings is 1. The van der Waals surface area contributed by atoms with Gasteiger partial charge in [0.1, 0.15) is 0 Å². The molecule has 0 atom stereocenters. The molecule has 1 aromatic carbocycles. The van der Waals surface area contributed by atoms with Crippen LogP contribution in [0, 0.1) is 0 Å². The van der Waals surface area contributed by atoms with Crippen molar-refractivity contribution in [2.24, 2.45) is 0 Å². The van der Waals surface area contributed by atoms with Gasteiger partial charge in [0.15, 0.2) is 0 Å². The second-order valence-corrected chi connectivity index (χ2v) is 4.97. The van der Waals surface area contributed by atoms with E-state index >= 15 is 0 Å². The molecule has 0 spiro atoms. The summed E-state index contributed by atoms with van der Waals surface area (Å²) in [5, 5.41) is 7.58. The van der Waals surface area contributed by atoms with Crippen molar-refractivity contribution in [2.75, 3.05) is 13.1 Å². The Labute approximate surface area is 123 Å². The zero-order chi connectivity index (χ0) is 14.4. The molecule has 4 nitrogen and oxygen atoms in total. The minimum Gasteiger partial charge on any atom is -0.355 e. The summed E-state index contributed by atoms with van der Waals surface area (Å²) < 4.78 is 0. The summed E-state index contributed by atoms with van der Waals surface area (Å²) in [5.41, 5.74) is 1.91. The summed E-state index contributed by atoms with van der Waals surface area (Å²) in [6.07, 6.45) is 2.69. The highest BCUT2D eigenvalue weighted by atomic mass is 35.5. The largest absolute Gasteiger partial charge is 0.355 e. The molecular weight excluding hydrogens is 274 g/mol. The molecule has 106 valence electrons. The van der Waals surface area contributed by atoms with E-state index in [9.17, 15) is 4.79 Å². The van der Waals surface area contributed by atoms with Crippen molar-refractivity contribution in [3.8, 4) is 0 Å². The van der Waals surface area contributed by atoms with E-state index in [0.29, 0.717) is 24.7 Å². The van der Waals surface area contributed by atoms with Crippen LogP contribution in [0.25, 0.3) is 10.9 Å². The van der Waals surface area contributed by atoms with Gasteiger partial charge in [0.25, 0.3) is 0 Å². The molecule has 1 amide bonds. The Balaban J connectivity index is 2.00. The molecule has 0 aliphatic carbocycles. The van der Waals surface area contributed by atoms with Crippen LogP contribution in [0.5, 0.6) is 0 Å². The van der Waals surface area contributed by atoms with E-state index in [1.165, 1.54) is 0 Å². The Kier molecular flexibility index (Phi) is 5.32. The number of halogens is 1. The van der Waals surface area contributed by atoms with Crippen molar-refractivity contribution >= 4 is 28.4 Å². The third kappa shape index (κ3) is 3.68. The number of pyridine rings is 1. The molecule has 0 aliphatic heterocycles. The maximum absolute atomic E-state index is 11.5. The fourth-order valence-electron chi connectivity index (χ4n) is 1.98. The maximum Gasteiger partial charge on any atom is 0.233 e. The molecule has 0 bridgehead atoms. The monoisotopic (exact) mass is 291 g/mol. The second-order valence-electron chi connectivity index (χ2n) is 4.56. The van der Waals surface area contributed by atoms with Gasteiger partial charge in [-0.1, -0.05) is 24.6 Å². The minimum atomic E-state index is 0.0121. The Morgan fingerprint density at radius 3 is 3.00 bits per heavy atom. The molecule has 1 heterocycles. The highest BCUT2D eigenvalue weighted by Crippen LogP contribution is 2.24. The topological polar surface area (TPSA) is 54.0 Å². The number of amides is 1. The second kappa shape index (κ2) is 7.22. The molecule has 0 radical (unpaired) electrons. The molecule has 2 rings (SSSR count). The zero-order valence-electron chi connectivity index (χ0n) is 11.4. The van der Waals surface area contributed by atoms with Crippen LogP contribution in [0.1, 0.15) is 18.9 Å². The molecule has 0 aliphatic rings. The van der Waals surface area contributed by atoms with Crippen molar-refractivity contribution in [3.05, 3.63) is 41.0 Å². The van der Waals surface area contributed by atoms with Crippen LogP contribution < -0.4 is 10.6 Å². The van der Waals surface area contributed by atoms with Gasteiger partial charge in [-0.3, -0.25) is 9.78 Å². The van der Waals surface area contributed by atoms with E-state index in [1.807, 2.05) is 31.2 Å². The van der Waals surface area contributed by atoms with Gasteiger partial charge >= 0.3 is 0 Å². The first kappa shape index (κ1) is 14.8. The molecule has 2 N–H and O–H groups in total. The van der Waals surface area contributed by atoms with E-state index in [0.717, 1.165) is 22.9 Å². The summed E-state index contributed by atoms with van der Waals surface area (Å²) in [5.74, 6) is 0.0121. The fourth-order valence-corrected chi connectivity index (χ4v) is 2.19. The van der Waals surface area contributed by atoms with Gasteiger partial charge in [-0.05, 0) is 30.2 Å². The number of hydrogen-bond acceptors (Lipinski definition) is 3. The highest BCUT2D eigenvalue weighted by molar-refractivity contribution is 6.35. The predicted molar refractivity (Wildman–Crippen MR) is 81.8 cm³/mol. The summed E-state index contributed by atoms with van der Waals surface area (Å²) in [6.45, 7) is 3.63. The predicted octanol–water partition coefficient (Wildman–Crippen LogP) is 2.50. The quantitative estimate of drug-likeness (QED) is 0.860. The van der Waals surface area contributed by atoms with Crippen LogP contribution in [0.2, 0.25) is 5.02 Å². The van der Waals surface area contributed by atoms with Gasteiger partial charge < -0.3 is 10.6 Å². The first-order valence-electron chi connectivity index (χ1n) is 6.72. The number of hydrogen-bond donors (Lipinski definition) is 2. The first-order chi connectivity index (χ1) is 9.72. The molecule has 0 fully saturated rings. The van der Waals surface area contributed by atoms with Crippen molar-refractivity contribution in [1.29, 1.82) is 0 Å². The number of rotatable bonds is 6. The molecule has 0 saturated carbocycles. The zero-order valence-corrected chi connectivity index (χ0v) is 12.2. The van der Waals surface area contributed by atoms with Crippen LogP contribution in [0.15, 0.2) is 30.5 Å². The van der Waals surface area contributed by atoms with E-state index in [4.69, 9.17) is 11.6 Å². The van der Waals surface area contributed by atoms with E-state index < -0.39 is 0 Å². The highest BCUT2D eigenvalue weighted by Gasteiger charge is 2.06. The lowest BCUT2D eigenvalue weighted by molar-refractivity contribution is -0.120. The van der Waals surface area contributed by atoms with Crippen molar-refractivity contribution in [1.82, 2.24) is 15.6 Å². The molecule has 2 aromatic rings. The first-order valence-corrected chi connectivity index (χ1v) is 7.09. The molecule has 0 saturated heterocycles. The van der Waals surface area contributed by atoms with Gasteiger partial charge in [0.05, 0.1) is 12.1 Å². The summed E-state index contributed by atoms with van der Waals surface area (Å²) >= 11 is 6.15. The average Bonchev–Trinajstić information content (AvgIpc) is 2.48. The Morgan fingerprint density at radius 1 is 1.35 bits per heavy atom. The van der Waals surface area contributed by atoms with Crippen molar-refractivity contribution in [2.45, 2.75) is 19.9 Å². The minimum absolute atomic E-state index is 0.0121. The smallest absolute Gasteiger partial charge is 0.233 e. The third-order valence-electron chi connectivity index (χ3n) is 2.97. The van der Waals surface area contributed by atoms with Gasteiger partial charge in [0, 0.05) is 29.7 Å². The van der Waals surface area contributed by atoms with Crippen LogP contribution >= 0.6 is 11.6 Å². The number of aromatic nitrogens is 1. The molecule has 5 heteroatoms. The SMILES string of the molecule is CCCNC(=O)CNCc1ccc(Cl)c2cccnc12. The van der Waals surface area contributed by atoms with E-state index in [1.54, 1.807) is 6.20 Å². The van der Waals surface area contributed by atoms with Crippen LogP contribution in [-0.4, -0.2) is 24.0 Å². The maximum atomic E-state index is 11.5. The number of nitrogens with zero attached hydrogens (tertiary/aromatic N) is 1. The van der Waals surface area contributed by atoms with Gasteiger partial charge in [-0.15, -0.1) is 0 Å². The fraction of sp³-hybridized carbons (Fsp3) is 0.333. The summed E-state index contributed by atoms with van der Waals surface area (Å²) in [7, 11) is 0. The number of carbonyl (C=O) groups is 1. The van der Waals surface area contributed by atoms with E-state index in [2.05, 4.69) is 15.6 Å². The van der Waals surface area contributed by atoms with Gasteiger partial charge in [-0.2, -0.15) is 0 Å². The van der Waals surface area contributed by atoms with Crippen LogP contribution in [0.4, 0.5) is 0 Å². The van der Waals surface area contributed by atoms with Crippen LogP contribution in [-0.2, 0) is 11.3 Å². The van der Waals surface area contributed by atoms with Crippen molar-refractivity contribution in [3.63, 3.8) is 0 Å². The Bertz CT molecular complexity index is 601. The lowest BCUT2D eigenvalue weighted by Crippen LogP contribution is -2.33. The molecule has 20 heavy (non-hydrogen) atoms. The summed E-state index contributed by atoms with van der Waals surface area (Å²) in [4.78, 5) is 15.9. The number of nitrogens with one attached hydrogen (secondary N) is 2. The number of fused-ring (bicyclic) bond motifs is 1. The Morgan fingerprint density at radius 2 is 2.20 bits per heavy atom. The van der Waals surface area contributed by atoms with Crippen LogP contribution in [0.3, 0.4) is 0 Å². The molecular formula is C15H18ClN3O. The standard InChI is InChI=1S/C15H18ClN3O/c1-2-7-18-14(20)10-17-9-11-5-6-13(16)12-4-3-8-19-15(11)12/h3-6,8,17H,2,7,9-10H2,1H3,(H,18,20). The van der Waals surface area contributed by atoms with Crippen molar-refractivity contribution < 1.29 is 4.79 Å². The summed E-state index contributed by atoms with van der Waals surface area (Å²) in [6, 6.07) is 7.61. The lowest BCUT2D eigenvalue weighted by atomic mass is 10.1. The Hall–Kier alpha value is -1.65. The average molecular weight is 292 g/mol. The van der Waals surface area contributed by atoms with Gasteiger partial charge in [0.2, 0.25) is 5.91 Å².